The van der Waals surface area contributed by atoms with Crippen LogP contribution < -0.4 is 31.4 Å². The van der Waals surface area contributed by atoms with E-state index in [0.717, 1.165) is 22.1 Å². The van der Waals surface area contributed by atoms with Gasteiger partial charge < -0.3 is 31.5 Å². The number of thiazole rings is 1. The minimum Gasteiger partial charge on any atom is -0.543 e. The Hall–Kier alpha value is -3.57. The summed E-state index contributed by atoms with van der Waals surface area (Å²) in [5.74, 6) is -1.02. The van der Waals surface area contributed by atoms with Crippen molar-refractivity contribution in [3.63, 3.8) is 0 Å². The number of carboxylic acid groups (broad SMARTS) is 1. The first-order chi connectivity index (χ1) is 18.5. The normalized spacial score (nSPS) is 18.9. The lowest BCUT2D eigenvalue weighted by Gasteiger charge is -2.50. The number of rotatable bonds is 10. The molecule has 1 saturated heterocycles. The minimum atomic E-state index is -1.47. The largest absolute Gasteiger partial charge is 0.543 e. The SMILES string of the molecule is CCO/N=C(\C(=O)NC1C(=O)N2C(C(=O)[O-])=C(CSc3nc(N)cc(N(C)C)[n+]3C)CS[C@H]12)c1csc(N)n1. The maximum Gasteiger partial charge on any atom is 0.301 e. The van der Waals surface area contributed by atoms with Gasteiger partial charge in [-0.25, -0.2) is 9.55 Å². The summed E-state index contributed by atoms with van der Waals surface area (Å²) < 4.78 is 1.84. The standard InChI is InChI=1S/C22H27N9O5S3/c1-5-36-28-14(11-9-38-21(24)25-11)17(32)27-15-18(33)31-16(20(34)35)10(7-37-19(15)31)8-39-22-26-12(23)6-13(29(2)3)30(22)4/h6,9,15,19,23H,5,7-8H2,1-4H3,(H4,24,25,27,32,34,35)/b28-14-/t15?,19-/m1/s1. The van der Waals surface area contributed by atoms with Crippen LogP contribution in [0.4, 0.5) is 16.8 Å². The highest BCUT2D eigenvalue weighted by Gasteiger charge is 2.53. The average Bonchev–Trinajstić information content (AvgIpc) is 3.32. The molecule has 0 saturated carbocycles. The van der Waals surface area contributed by atoms with Crippen molar-refractivity contribution >= 4 is 75.1 Å². The number of nitrogen functional groups attached to an aromatic ring is 2. The van der Waals surface area contributed by atoms with Crippen LogP contribution in [0.5, 0.6) is 0 Å². The molecule has 0 bridgehead atoms. The number of β-lactam (4-membered cyclic amide) rings is 1. The van der Waals surface area contributed by atoms with E-state index in [9.17, 15) is 19.5 Å². The molecule has 0 radical (unpaired) electrons. The van der Waals surface area contributed by atoms with Gasteiger partial charge in [-0.05, 0) is 24.3 Å². The van der Waals surface area contributed by atoms with Gasteiger partial charge in [0.1, 0.15) is 23.7 Å². The molecule has 208 valence electrons. The highest BCUT2D eigenvalue weighted by atomic mass is 32.2. The van der Waals surface area contributed by atoms with Gasteiger partial charge in [0.05, 0.1) is 38.9 Å². The molecule has 1 fully saturated rings. The van der Waals surface area contributed by atoms with Crippen LogP contribution >= 0.6 is 34.9 Å². The molecule has 39 heavy (non-hydrogen) atoms. The lowest BCUT2D eigenvalue weighted by molar-refractivity contribution is -0.700. The molecular weight excluding hydrogens is 567 g/mol. The molecule has 2 aromatic rings. The van der Waals surface area contributed by atoms with Crippen LogP contribution in [0.15, 0.2) is 33.0 Å². The fraction of sp³-hybridized carbons (Fsp3) is 0.409. The van der Waals surface area contributed by atoms with Gasteiger partial charge in [0.2, 0.25) is 11.6 Å². The van der Waals surface area contributed by atoms with Crippen molar-refractivity contribution in [3.05, 3.63) is 28.4 Å². The Kier molecular flexibility index (Phi) is 8.51. The summed E-state index contributed by atoms with van der Waals surface area (Å²) >= 11 is 3.77. The van der Waals surface area contributed by atoms with Crippen molar-refractivity contribution in [2.75, 3.05) is 48.6 Å². The van der Waals surface area contributed by atoms with E-state index in [4.69, 9.17) is 16.3 Å². The topological polar surface area (TPSA) is 196 Å². The lowest BCUT2D eigenvalue weighted by Crippen LogP contribution is -2.71. The quantitative estimate of drug-likeness (QED) is 0.0723. The molecule has 4 heterocycles. The van der Waals surface area contributed by atoms with Gasteiger partial charge in [-0.2, -0.15) is 0 Å². The van der Waals surface area contributed by atoms with E-state index < -0.39 is 29.2 Å². The Bertz CT molecular complexity index is 1380. The number of anilines is 3. The van der Waals surface area contributed by atoms with Crippen LogP contribution in [-0.4, -0.2) is 82.0 Å². The third-order valence-corrected chi connectivity index (χ3v) is 8.89. The lowest BCUT2D eigenvalue weighted by atomic mass is 10.0. The summed E-state index contributed by atoms with van der Waals surface area (Å²) in [7, 11) is 5.58. The summed E-state index contributed by atoms with van der Waals surface area (Å²) in [6, 6.07) is 0.766. The van der Waals surface area contributed by atoms with Gasteiger partial charge in [-0.15, -0.1) is 23.1 Å². The first-order valence-corrected chi connectivity index (χ1v) is 14.5. The van der Waals surface area contributed by atoms with E-state index in [0.29, 0.717) is 22.3 Å². The summed E-state index contributed by atoms with van der Waals surface area (Å²) in [5.41, 5.74) is 12.0. The molecule has 14 nitrogen and oxygen atoms in total. The van der Waals surface area contributed by atoms with Crippen molar-refractivity contribution in [1.82, 2.24) is 20.2 Å². The monoisotopic (exact) mass is 593 g/mol. The zero-order chi connectivity index (χ0) is 28.4. The number of nitrogens with two attached hydrogens (primary N) is 2. The number of hydrogen-bond acceptors (Lipinski definition) is 14. The Morgan fingerprint density at radius 3 is 2.74 bits per heavy atom. The molecule has 2 amide bonds. The Morgan fingerprint density at radius 1 is 1.38 bits per heavy atom. The number of carboxylic acids is 1. The average molecular weight is 594 g/mol. The Morgan fingerprint density at radius 2 is 2.13 bits per heavy atom. The van der Waals surface area contributed by atoms with E-state index in [-0.39, 0.29) is 34.6 Å². The maximum atomic E-state index is 13.1. The van der Waals surface area contributed by atoms with Crippen LogP contribution in [0.1, 0.15) is 12.6 Å². The highest BCUT2D eigenvalue weighted by Crippen LogP contribution is 2.41. The smallest absolute Gasteiger partial charge is 0.301 e. The Labute approximate surface area is 236 Å². The summed E-state index contributed by atoms with van der Waals surface area (Å²) in [6.07, 6.45) is 0. The maximum absolute atomic E-state index is 13.1. The Balaban J connectivity index is 1.52. The summed E-state index contributed by atoms with van der Waals surface area (Å²) in [4.78, 5) is 54.8. The number of carbonyl (C=O) groups excluding carboxylic acids is 3. The second kappa shape index (κ2) is 11.7. The van der Waals surface area contributed by atoms with E-state index in [1.54, 1.807) is 18.4 Å². The molecule has 17 heteroatoms. The predicted molar refractivity (Wildman–Crippen MR) is 147 cm³/mol. The van der Waals surface area contributed by atoms with E-state index >= 15 is 0 Å². The van der Waals surface area contributed by atoms with Crippen LogP contribution in [0.3, 0.4) is 0 Å². The fourth-order valence-electron chi connectivity index (χ4n) is 3.98. The number of aromatic nitrogens is 3. The number of thioether (sulfide) groups is 2. The number of carbonyl (C=O) groups is 3. The predicted octanol–water partition coefficient (Wildman–Crippen LogP) is -1.47. The van der Waals surface area contributed by atoms with Crippen LogP contribution in [-0.2, 0) is 26.3 Å². The van der Waals surface area contributed by atoms with Crippen LogP contribution in [0.25, 0.3) is 0 Å². The van der Waals surface area contributed by atoms with Gasteiger partial charge >= 0.3 is 5.16 Å². The number of amides is 2. The van der Waals surface area contributed by atoms with Crippen LogP contribution in [0, 0.1) is 0 Å². The number of hydrogen-bond donors (Lipinski definition) is 3. The molecule has 0 spiro atoms. The van der Waals surface area contributed by atoms with E-state index in [1.165, 1.54) is 23.5 Å². The van der Waals surface area contributed by atoms with Crippen molar-refractivity contribution in [2.24, 2.45) is 12.2 Å². The second-order valence-corrected chi connectivity index (χ2v) is 11.5. The second-order valence-electron chi connectivity index (χ2n) is 8.59. The molecule has 2 aromatic heterocycles. The van der Waals surface area contributed by atoms with Crippen LogP contribution in [0.2, 0.25) is 0 Å². The number of aliphatic carboxylic acids is 1. The van der Waals surface area contributed by atoms with Gasteiger partial charge in [0, 0.05) is 16.9 Å². The first kappa shape index (κ1) is 28.4. The highest BCUT2D eigenvalue weighted by molar-refractivity contribution is 8.01. The molecule has 2 atom stereocenters. The van der Waals surface area contributed by atoms with E-state index in [2.05, 4.69) is 20.4 Å². The zero-order valence-electron chi connectivity index (χ0n) is 21.5. The van der Waals surface area contributed by atoms with Crippen molar-refractivity contribution in [1.29, 1.82) is 0 Å². The molecule has 0 aromatic carbocycles. The minimum absolute atomic E-state index is 0.135. The number of oxime groups is 1. The van der Waals surface area contributed by atoms with Gasteiger partial charge in [0.25, 0.3) is 11.8 Å². The number of nitrogens with one attached hydrogen (secondary N) is 1. The summed E-state index contributed by atoms with van der Waals surface area (Å²) in [6.45, 7) is 1.92. The number of fused-ring (bicyclic) bond motifs is 1. The molecule has 4 rings (SSSR count). The van der Waals surface area contributed by atoms with Gasteiger partial charge in [0.15, 0.2) is 10.8 Å². The fourth-order valence-corrected chi connectivity index (χ4v) is 7.00. The molecule has 2 aliphatic rings. The zero-order valence-corrected chi connectivity index (χ0v) is 24.0. The third kappa shape index (κ3) is 5.74. The number of nitrogens with zero attached hydrogens (tertiary/aromatic N) is 6. The third-order valence-electron chi connectivity index (χ3n) is 5.76. The summed E-state index contributed by atoms with van der Waals surface area (Å²) in [5, 5.41) is 20.4. The molecule has 2 aliphatic heterocycles. The molecule has 1 unspecified atom stereocenters. The molecule has 5 N–H and O–H groups in total. The van der Waals surface area contributed by atoms with Crippen molar-refractivity contribution in [2.45, 2.75) is 23.5 Å². The van der Waals surface area contributed by atoms with E-state index in [1.807, 2.05) is 30.6 Å². The molecule has 0 aliphatic carbocycles. The molecular formula is C22H27N9O5S3. The van der Waals surface area contributed by atoms with Crippen molar-refractivity contribution < 1.29 is 28.9 Å². The van der Waals surface area contributed by atoms with Gasteiger partial charge in [-0.3, -0.25) is 19.4 Å². The van der Waals surface area contributed by atoms with Gasteiger partial charge in [-0.1, -0.05) is 10.1 Å². The first-order valence-electron chi connectivity index (χ1n) is 11.6. The van der Waals surface area contributed by atoms with Crippen molar-refractivity contribution in [3.8, 4) is 0 Å².